The third-order valence-corrected chi connectivity index (χ3v) is 7.03. The lowest BCUT2D eigenvalue weighted by Gasteiger charge is -2.27. The van der Waals surface area contributed by atoms with Crippen LogP contribution in [0.1, 0.15) is 5.56 Å². The van der Waals surface area contributed by atoms with Crippen LogP contribution in [0.2, 0.25) is 0 Å². The molecule has 1 aromatic carbocycles. The van der Waals surface area contributed by atoms with Gasteiger partial charge in [-0.25, -0.2) is 8.42 Å². The number of rotatable bonds is 3. The first-order valence-electron chi connectivity index (χ1n) is 8.05. The molecule has 0 unspecified atom stereocenters. The number of fused-ring (bicyclic) bond motifs is 1. The van der Waals surface area contributed by atoms with E-state index < -0.39 is 33.7 Å². The Labute approximate surface area is 159 Å². The topological polar surface area (TPSA) is 70.0 Å². The molecule has 0 spiro atoms. The minimum absolute atomic E-state index is 0.0630. The molecule has 1 saturated heterocycles. The molecule has 2 aliphatic rings. The van der Waals surface area contributed by atoms with Crippen LogP contribution in [0.5, 0.6) is 0 Å². The Kier molecular flexibility index (Phi) is 5.19. The number of thioether (sulfide) groups is 1. The maximum Gasteiger partial charge on any atom is 0.416 e. The van der Waals surface area contributed by atoms with Crippen LogP contribution in [-0.2, 0) is 20.8 Å². The van der Waals surface area contributed by atoms with Crippen molar-refractivity contribution in [3.8, 4) is 0 Å². The number of anilines is 1. The summed E-state index contributed by atoms with van der Waals surface area (Å²) in [6.45, 7) is 0. The normalized spacial score (nSPS) is 23.9. The summed E-state index contributed by atoms with van der Waals surface area (Å²) in [7, 11) is -0.104. The van der Waals surface area contributed by atoms with Gasteiger partial charge in [0.25, 0.3) is 0 Å². The van der Waals surface area contributed by atoms with Gasteiger partial charge in [0.05, 0.1) is 34.9 Å². The van der Waals surface area contributed by atoms with Crippen LogP contribution in [0.15, 0.2) is 29.3 Å². The molecule has 0 aromatic heterocycles. The summed E-state index contributed by atoms with van der Waals surface area (Å²) in [6, 6.07) is 3.62. The minimum atomic E-state index is -4.51. The lowest BCUT2D eigenvalue weighted by atomic mass is 10.1. The summed E-state index contributed by atoms with van der Waals surface area (Å²) in [5.41, 5.74) is -0.601. The van der Waals surface area contributed by atoms with Crippen LogP contribution in [0.4, 0.5) is 18.9 Å². The number of nitrogens with zero attached hydrogens (tertiary/aromatic N) is 3. The molecule has 0 N–H and O–H groups in total. The first kappa shape index (κ1) is 20.0. The van der Waals surface area contributed by atoms with Gasteiger partial charge < -0.3 is 9.80 Å². The zero-order valence-corrected chi connectivity index (χ0v) is 16.2. The lowest BCUT2D eigenvalue weighted by molar-refractivity contribution is -0.137. The van der Waals surface area contributed by atoms with Crippen molar-refractivity contribution in [2.75, 3.05) is 36.3 Å². The Morgan fingerprint density at radius 2 is 2.04 bits per heavy atom. The van der Waals surface area contributed by atoms with Crippen LogP contribution in [0, 0.1) is 0 Å². The van der Waals surface area contributed by atoms with E-state index in [4.69, 9.17) is 0 Å². The Morgan fingerprint density at radius 1 is 1.33 bits per heavy atom. The number of amides is 1. The highest BCUT2D eigenvalue weighted by atomic mass is 32.2. The third kappa shape index (κ3) is 4.23. The fourth-order valence-electron chi connectivity index (χ4n) is 3.02. The van der Waals surface area contributed by atoms with Gasteiger partial charge in [0.2, 0.25) is 5.91 Å². The van der Waals surface area contributed by atoms with E-state index in [0.29, 0.717) is 5.17 Å². The number of aliphatic imine (C=N–C) groups is 1. The molecule has 2 heterocycles. The second-order valence-corrected chi connectivity index (χ2v) is 9.71. The number of carbonyl (C=O) groups is 1. The van der Waals surface area contributed by atoms with Crippen LogP contribution in [-0.4, -0.2) is 67.8 Å². The first-order valence-corrected chi connectivity index (χ1v) is 10.9. The van der Waals surface area contributed by atoms with Crippen molar-refractivity contribution in [2.45, 2.75) is 18.3 Å². The van der Waals surface area contributed by atoms with Crippen molar-refractivity contribution in [1.29, 1.82) is 0 Å². The average Bonchev–Trinajstić information content (AvgIpc) is 3.02. The standard InChI is InChI=1S/C16H18F3N3O3S2/c1-21(2)14(23)7-26-15-20-12-8-27(24,25)9-13(12)22(15)11-5-3-4-10(6-11)16(17,18)19/h3-6,12-13H,7-9H2,1-2H3/t12-,13+/m1/s1. The predicted molar refractivity (Wildman–Crippen MR) is 98.7 cm³/mol. The van der Waals surface area contributed by atoms with E-state index in [9.17, 15) is 26.4 Å². The number of amidine groups is 1. The van der Waals surface area contributed by atoms with Gasteiger partial charge in [-0.05, 0) is 18.2 Å². The second kappa shape index (κ2) is 7.01. The van der Waals surface area contributed by atoms with E-state index in [1.54, 1.807) is 14.1 Å². The zero-order chi connectivity index (χ0) is 20.0. The minimum Gasteiger partial charge on any atom is -0.348 e. The molecule has 11 heteroatoms. The van der Waals surface area contributed by atoms with E-state index in [-0.39, 0.29) is 28.9 Å². The number of benzene rings is 1. The summed E-state index contributed by atoms with van der Waals surface area (Å²) in [6.07, 6.45) is -4.51. The van der Waals surface area contributed by atoms with Gasteiger partial charge in [-0.3, -0.25) is 9.79 Å². The van der Waals surface area contributed by atoms with E-state index in [1.807, 2.05) is 0 Å². The molecule has 0 radical (unpaired) electrons. The molecule has 3 rings (SSSR count). The van der Waals surface area contributed by atoms with Crippen molar-refractivity contribution in [1.82, 2.24) is 4.90 Å². The van der Waals surface area contributed by atoms with Gasteiger partial charge in [0.1, 0.15) is 0 Å². The van der Waals surface area contributed by atoms with Crippen LogP contribution >= 0.6 is 11.8 Å². The molecule has 1 fully saturated rings. The van der Waals surface area contributed by atoms with Crippen molar-refractivity contribution < 1.29 is 26.4 Å². The molecule has 1 amide bonds. The maximum atomic E-state index is 13.1. The number of alkyl halides is 3. The Morgan fingerprint density at radius 3 is 2.67 bits per heavy atom. The first-order chi connectivity index (χ1) is 12.5. The molecule has 148 valence electrons. The molecule has 2 atom stereocenters. The molecule has 0 bridgehead atoms. The fourth-order valence-corrected chi connectivity index (χ4v) is 5.97. The summed E-state index contributed by atoms with van der Waals surface area (Å²) < 4.78 is 63.2. The van der Waals surface area contributed by atoms with Gasteiger partial charge in [-0.1, -0.05) is 17.8 Å². The third-order valence-electron chi connectivity index (χ3n) is 4.38. The van der Waals surface area contributed by atoms with Crippen molar-refractivity contribution in [3.05, 3.63) is 29.8 Å². The molecule has 0 saturated carbocycles. The maximum absolute atomic E-state index is 13.1. The highest BCUT2D eigenvalue weighted by Gasteiger charge is 2.47. The number of hydrogen-bond acceptors (Lipinski definition) is 6. The van der Waals surface area contributed by atoms with Gasteiger partial charge in [0, 0.05) is 19.8 Å². The van der Waals surface area contributed by atoms with Gasteiger partial charge in [0.15, 0.2) is 15.0 Å². The Balaban J connectivity index is 1.94. The van der Waals surface area contributed by atoms with Gasteiger partial charge >= 0.3 is 6.18 Å². The Hall–Kier alpha value is -1.75. The molecule has 1 aromatic rings. The average molecular weight is 421 g/mol. The molecule has 27 heavy (non-hydrogen) atoms. The quantitative estimate of drug-likeness (QED) is 0.745. The molecular weight excluding hydrogens is 403 g/mol. The molecular formula is C16H18F3N3O3S2. The van der Waals surface area contributed by atoms with Crippen molar-refractivity contribution in [3.63, 3.8) is 0 Å². The molecule has 6 nitrogen and oxygen atoms in total. The second-order valence-electron chi connectivity index (χ2n) is 6.62. The number of hydrogen-bond donors (Lipinski definition) is 0. The zero-order valence-electron chi connectivity index (χ0n) is 14.6. The van der Waals surface area contributed by atoms with E-state index >= 15 is 0 Å². The largest absolute Gasteiger partial charge is 0.416 e. The summed E-state index contributed by atoms with van der Waals surface area (Å²) in [4.78, 5) is 19.2. The fraction of sp³-hybridized carbons (Fsp3) is 0.500. The highest BCUT2D eigenvalue weighted by Crippen LogP contribution is 2.38. The Bertz CT molecular complexity index is 884. The highest BCUT2D eigenvalue weighted by molar-refractivity contribution is 8.14. The summed E-state index contributed by atoms with van der Waals surface area (Å²) in [5.74, 6) is -0.425. The van der Waals surface area contributed by atoms with Crippen LogP contribution < -0.4 is 4.90 Å². The number of sulfone groups is 1. The van der Waals surface area contributed by atoms with Crippen molar-refractivity contribution in [2.24, 2.45) is 4.99 Å². The smallest absolute Gasteiger partial charge is 0.348 e. The van der Waals surface area contributed by atoms with Crippen LogP contribution in [0.3, 0.4) is 0 Å². The van der Waals surface area contributed by atoms with Gasteiger partial charge in [-0.2, -0.15) is 13.2 Å². The van der Waals surface area contributed by atoms with Crippen molar-refractivity contribution >= 4 is 38.4 Å². The SMILES string of the molecule is CN(C)C(=O)CSC1=N[C@@H]2CS(=O)(=O)C[C@@H]2N1c1cccc(C(F)(F)F)c1. The summed E-state index contributed by atoms with van der Waals surface area (Å²) in [5, 5.41) is 0.370. The van der Waals surface area contributed by atoms with Gasteiger partial charge in [-0.15, -0.1) is 0 Å². The molecule has 0 aliphatic carbocycles. The monoisotopic (exact) mass is 421 g/mol. The van der Waals surface area contributed by atoms with Crippen LogP contribution in [0.25, 0.3) is 0 Å². The summed E-state index contributed by atoms with van der Waals surface area (Å²) >= 11 is 1.10. The van der Waals surface area contributed by atoms with E-state index in [1.165, 1.54) is 21.9 Å². The van der Waals surface area contributed by atoms with E-state index in [0.717, 1.165) is 23.9 Å². The number of carbonyl (C=O) groups excluding carboxylic acids is 1. The molecule has 2 aliphatic heterocycles. The lowest BCUT2D eigenvalue weighted by Crippen LogP contribution is -2.39. The van der Waals surface area contributed by atoms with E-state index in [2.05, 4.69) is 4.99 Å². The predicted octanol–water partition coefficient (Wildman–Crippen LogP) is 1.87. The number of halogens is 3.